The zero-order chi connectivity index (χ0) is 20.8. The Morgan fingerprint density at radius 3 is 2.41 bits per heavy atom. The van der Waals surface area contributed by atoms with Crippen LogP contribution in [0.15, 0.2) is 47.7 Å². The van der Waals surface area contributed by atoms with E-state index in [9.17, 15) is 9.65 Å². The minimum atomic E-state index is -0.309. The first-order chi connectivity index (χ1) is 14.1. The molecule has 29 heavy (non-hydrogen) atoms. The minimum absolute atomic E-state index is 0.183. The van der Waals surface area contributed by atoms with Crippen molar-refractivity contribution < 1.29 is 18.6 Å². The van der Waals surface area contributed by atoms with E-state index in [1.807, 2.05) is 6.07 Å². The first-order valence-electron chi connectivity index (χ1n) is 8.64. The monoisotopic (exact) mass is 394 g/mol. The summed E-state index contributed by atoms with van der Waals surface area (Å²) in [5.74, 6) is 1.50. The highest BCUT2D eigenvalue weighted by Crippen LogP contribution is 2.39. The number of hydrogen-bond acceptors (Lipinski definition) is 6. The first kappa shape index (κ1) is 19.9. The second-order valence-electron chi connectivity index (χ2n) is 5.96. The Kier molecular flexibility index (Phi) is 6.09. The fraction of sp³-hybridized carbons (Fsp3) is 0.190. The van der Waals surface area contributed by atoms with Crippen molar-refractivity contribution >= 4 is 12.0 Å². The van der Waals surface area contributed by atoms with Crippen molar-refractivity contribution in [2.45, 2.75) is 6.54 Å². The third-order valence-electron chi connectivity index (χ3n) is 4.24. The molecule has 1 heterocycles. The molecule has 0 spiro atoms. The van der Waals surface area contributed by atoms with Gasteiger partial charge in [-0.2, -0.15) is 5.26 Å². The van der Waals surface area contributed by atoms with E-state index < -0.39 is 0 Å². The molecular weight excluding hydrogens is 375 g/mol. The third-order valence-corrected chi connectivity index (χ3v) is 4.24. The van der Waals surface area contributed by atoms with Crippen molar-refractivity contribution in [3.05, 3.63) is 65.4 Å². The van der Waals surface area contributed by atoms with Gasteiger partial charge in [-0.3, -0.25) is 0 Å². The Morgan fingerprint density at radius 1 is 1.07 bits per heavy atom. The Labute approximate surface area is 167 Å². The highest BCUT2D eigenvalue weighted by atomic mass is 19.1. The average Bonchev–Trinajstić information content (AvgIpc) is 3.14. The van der Waals surface area contributed by atoms with Crippen LogP contribution in [0.25, 0.3) is 0 Å². The number of aromatic nitrogens is 2. The summed E-state index contributed by atoms with van der Waals surface area (Å²) in [7, 11) is 4.58. The van der Waals surface area contributed by atoms with Gasteiger partial charge in [-0.15, -0.1) is 0 Å². The van der Waals surface area contributed by atoms with Gasteiger partial charge in [0.05, 0.1) is 34.2 Å². The maximum Gasteiger partial charge on any atom is 0.203 e. The molecule has 0 aliphatic heterocycles. The van der Waals surface area contributed by atoms with E-state index in [1.54, 1.807) is 35.0 Å². The molecule has 3 rings (SSSR count). The molecule has 0 aliphatic rings. The van der Waals surface area contributed by atoms with E-state index in [0.29, 0.717) is 35.2 Å². The van der Waals surface area contributed by atoms with Crippen LogP contribution in [0, 0.1) is 17.1 Å². The molecule has 0 N–H and O–H groups in total. The summed E-state index contributed by atoms with van der Waals surface area (Å²) in [6.07, 6.45) is 3.10. The summed E-state index contributed by atoms with van der Waals surface area (Å²) < 4.78 is 31.0. The average molecular weight is 394 g/mol. The molecule has 0 amide bonds. The van der Waals surface area contributed by atoms with E-state index in [1.165, 1.54) is 39.8 Å². The van der Waals surface area contributed by atoms with Crippen molar-refractivity contribution in [2.24, 2.45) is 4.99 Å². The number of hydrogen-bond donors (Lipinski definition) is 0. The van der Waals surface area contributed by atoms with Crippen LogP contribution < -0.4 is 14.2 Å². The quantitative estimate of drug-likeness (QED) is 0.571. The SMILES string of the molecule is COc1ccc(C=Nc2c(C#N)ncn2Cc2ccc(F)cc2)c(OC)c1OC. The lowest BCUT2D eigenvalue weighted by Gasteiger charge is -2.13. The standard InChI is InChI=1S/C21H19FN4O3/c1-27-18-9-6-15(19(28-2)20(18)29-3)11-24-21-17(10-23)25-13-26(21)12-14-4-7-16(22)8-5-14/h4-9,11,13H,12H2,1-3H3. The van der Waals surface area contributed by atoms with Gasteiger partial charge < -0.3 is 18.8 Å². The molecule has 0 aliphatic carbocycles. The van der Waals surface area contributed by atoms with Gasteiger partial charge in [0.2, 0.25) is 5.75 Å². The van der Waals surface area contributed by atoms with E-state index in [0.717, 1.165) is 5.56 Å². The summed E-state index contributed by atoms with van der Waals surface area (Å²) >= 11 is 0. The van der Waals surface area contributed by atoms with E-state index >= 15 is 0 Å². The predicted molar refractivity (Wildman–Crippen MR) is 106 cm³/mol. The molecule has 1 aromatic heterocycles. The molecule has 0 fully saturated rings. The van der Waals surface area contributed by atoms with Crippen LogP contribution in [0.2, 0.25) is 0 Å². The maximum absolute atomic E-state index is 13.1. The number of nitrogens with zero attached hydrogens (tertiary/aromatic N) is 4. The van der Waals surface area contributed by atoms with Crippen molar-refractivity contribution in [1.29, 1.82) is 5.26 Å². The second-order valence-corrected chi connectivity index (χ2v) is 5.96. The largest absolute Gasteiger partial charge is 0.493 e. The molecule has 0 atom stereocenters. The molecular formula is C21H19FN4O3. The molecule has 3 aromatic rings. The molecule has 2 aromatic carbocycles. The van der Waals surface area contributed by atoms with E-state index in [-0.39, 0.29) is 11.5 Å². The van der Waals surface area contributed by atoms with Crippen LogP contribution in [-0.4, -0.2) is 37.1 Å². The summed E-state index contributed by atoms with van der Waals surface area (Å²) in [4.78, 5) is 8.57. The van der Waals surface area contributed by atoms with Crippen LogP contribution in [0.3, 0.4) is 0 Å². The minimum Gasteiger partial charge on any atom is -0.493 e. The van der Waals surface area contributed by atoms with Gasteiger partial charge in [0.15, 0.2) is 23.0 Å². The fourth-order valence-electron chi connectivity index (χ4n) is 2.85. The molecule has 0 saturated heterocycles. The Morgan fingerprint density at radius 2 is 1.79 bits per heavy atom. The van der Waals surface area contributed by atoms with Crippen LogP contribution in [0.5, 0.6) is 17.2 Å². The predicted octanol–water partition coefficient (Wildman–Crippen LogP) is 3.72. The third kappa shape index (κ3) is 4.19. The number of imidazole rings is 1. The van der Waals surface area contributed by atoms with Crippen molar-refractivity contribution in [3.63, 3.8) is 0 Å². The van der Waals surface area contributed by atoms with Crippen LogP contribution in [-0.2, 0) is 6.54 Å². The number of nitriles is 1. The van der Waals surface area contributed by atoms with Crippen LogP contribution in [0.4, 0.5) is 10.2 Å². The highest BCUT2D eigenvalue weighted by Gasteiger charge is 2.15. The fourth-order valence-corrected chi connectivity index (χ4v) is 2.85. The summed E-state index contributed by atoms with van der Waals surface area (Å²) in [5.41, 5.74) is 1.68. The zero-order valence-electron chi connectivity index (χ0n) is 16.2. The number of benzene rings is 2. The van der Waals surface area contributed by atoms with Gasteiger partial charge in [-0.05, 0) is 29.8 Å². The number of aliphatic imine (C=N–C) groups is 1. The van der Waals surface area contributed by atoms with Gasteiger partial charge in [0, 0.05) is 11.8 Å². The topological polar surface area (TPSA) is 81.7 Å². The molecule has 0 radical (unpaired) electrons. The molecule has 0 unspecified atom stereocenters. The Hall–Kier alpha value is -3.86. The number of methoxy groups -OCH3 is 3. The van der Waals surface area contributed by atoms with Gasteiger partial charge in [-0.1, -0.05) is 12.1 Å². The highest BCUT2D eigenvalue weighted by molar-refractivity contribution is 5.87. The smallest absolute Gasteiger partial charge is 0.203 e. The Balaban J connectivity index is 1.98. The maximum atomic E-state index is 13.1. The van der Waals surface area contributed by atoms with Crippen LogP contribution >= 0.6 is 0 Å². The molecule has 148 valence electrons. The summed E-state index contributed by atoms with van der Waals surface area (Å²) in [6.45, 7) is 0.394. The summed E-state index contributed by atoms with van der Waals surface area (Å²) in [5, 5.41) is 9.37. The lowest BCUT2D eigenvalue weighted by molar-refractivity contribution is 0.324. The van der Waals surface area contributed by atoms with Gasteiger partial charge in [0.1, 0.15) is 11.9 Å². The molecule has 0 bridgehead atoms. The number of ether oxygens (including phenoxy) is 3. The normalized spacial score (nSPS) is 10.7. The Bertz CT molecular complexity index is 1070. The van der Waals surface area contributed by atoms with Gasteiger partial charge >= 0.3 is 0 Å². The lowest BCUT2D eigenvalue weighted by Crippen LogP contribution is -2.00. The number of halogens is 1. The van der Waals surface area contributed by atoms with Crippen LogP contribution in [0.1, 0.15) is 16.8 Å². The molecule has 0 saturated carbocycles. The molecule has 7 nitrogen and oxygen atoms in total. The van der Waals surface area contributed by atoms with E-state index in [2.05, 4.69) is 9.98 Å². The van der Waals surface area contributed by atoms with Gasteiger partial charge in [-0.25, -0.2) is 14.4 Å². The van der Waals surface area contributed by atoms with Gasteiger partial charge in [0.25, 0.3) is 0 Å². The number of rotatable bonds is 7. The first-order valence-corrected chi connectivity index (χ1v) is 8.64. The second kappa shape index (κ2) is 8.89. The lowest BCUT2D eigenvalue weighted by atomic mass is 10.2. The van der Waals surface area contributed by atoms with Crippen molar-refractivity contribution in [2.75, 3.05) is 21.3 Å². The van der Waals surface area contributed by atoms with Crippen molar-refractivity contribution in [3.8, 4) is 23.3 Å². The van der Waals surface area contributed by atoms with E-state index in [4.69, 9.17) is 14.2 Å². The summed E-state index contributed by atoms with van der Waals surface area (Å²) in [6, 6.07) is 11.7. The zero-order valence-corrected chi connectivity index (χ0v) is 16.2. The molecule has 8 heteroatoms. The van der Waals surface area contributed by atoms with Crippen molar-refractivity contribution in [1.82, 2.24) is 9.55 Å².